The maximum atomic E-state index is 12.7. The van der Waals surface area contributed by atoms with Crippen molar-refractivity contribution in [1.29, 1.82) is 5.26 Å². The maximum Gasteiger partial charge on any atom is 0.274 e. The van der Waals surface area contributed by atoms with Crippen molar-refractivity contribution >= 4 is 23.1 Å². The Hall–Kier alpha value is -3.45. The molecule has 1 aliphatic rings. The first-order valence-electron chi connectivity index (χ1n) is 8.71. The third kappa shape index (κ3) is 3.45. The summed E-state index contributed by atoms with van der Waals surface area (Å²) in [5, 5.41) is 26.9. The Morgan fingerprint density at radius 1 is 1.41 bits per heavy atom. The zero-order valence-electron chi connectivity index (χ0n) is 14.8. The molecule has 27 heavy (non-hydrogen) atoms. The number of nitriles is 1. The topological polar surface area (TPSA) is 125 Å². The SMILES string of the molecule is Cn1cc(NC(=O)c2ccc3cnc(N[C@@H]4CCCNC4)nn23)c(C#N)n1. The van der Waals surface area contributed by atoms with Crippen molar-refractivity contribution in [3.05, 3.63) is 35.9 Å². The van der Waals surface area contributed by atoms with Crippen molar-refractivity contribution in [2.24, 2.45) is 7.05 Å². The van der Waals surface area contributed by atoms with Crippen molar-refractivity contribution in [2.75, 3.05) is 23.7 Å². The highest BCUT2D eigenvalue weighted by Gasteiger charge is 2.18. The summed E-state index contributed by atoms with van der Waals surface area (Å²) in [5.41, 5.74) is 1.58. The van der Waals surface area contributed by atoms with Crippen LogP contribution in [0.4, 0.5) is 11.6 Å². The average Bonchev–Trinajstić information content (AvgIpc) is 3.25. The third-order valence-corrected chi connectivity index (χ3v) is 4.44. The molecule has 3 aromatic heterocycles. The van der Waals surface area contributed by atoms with E-state index < -0.39 is 0 Å². The Labute approximate surface area is 155 Å². The first-order valence-corrected chi connectivity index (χ1v) is 8.71. The second-order valence-electron chi connectivity index (χ2n) is 6.46. The van der Waals surface area contributed by atoms with Crippen LogP contribution >= 0.6 is 0 Å². The van der Waals surface area contributed by atoms with Gasteiger partial charge in [-0.1, -0.05) is 0 Å². The molecular weight excluding hydrogens is 346 g/mol. The van der Waals surface area contributed by atoms with E-state index in [0.29, 0.717) is 22.8 Å². The standard InChI is InChI=1S/C17H19N9O/c1-25-10-14(13(7-18)23-25)22-16(27)15-5-4-12-9-20-17(24-26(12)15)21-11-3-2-6-19-8-11/h4-5,9-11,19H,2-3,6,8H2,1H3,(H,21,24)(H,22,27)/t11-/m1/s1. The number of fused-ring (bicyclic) bond motifs is 1. The van der Waals surface area contributed by atoms with E-state index >= 15 is 0 Å². The van der Waals surface area contributed by atoms with Crippen molar-refractivity contribution < 1.29 is 4.79 Å². The molecule has 4 heterocycles. The van der Waals surface area contributed by atoms with E-state index in [9.17, 15) is 4.79 Å². The summed E-state index contributed by atoms with van der Waals surface area (Å²) in [5.74, 6) is 0.101. The predicted octanol–water partition coefficient (Wildman–Crippen LogP) is 0.751. The first-order chi connectivity index (χ1) is 13.1. The lowest BCUT2D eigenvalue weighted by atomic mass is 10.1. The van der Waals surface area contributed by atoms with E-state index in [1.165, 1.54) is 4.68 Å². The van der Waals surface area contributed by atoms with E-state index in [1.807, 2.05) is 6.07 Å². The Bertz CT molecular complexity index is 1020. The number of rotatable bonds is 4. The molecular formula is C17H19N9O. The molecule has 0 aromatic carbocycles. The van der Waals surface area contributed by atoms with Gasteiger partial charge in [0.2, 0.25) is 5.95 Å². The molecule has 4 rings (SSSR count). The van der Waals surface area contributed by atoms with Crippen LogP contribution in [0.5, 0.6) is 0 Å². The number of nitrogens with one attached hydrogen (secondary N) is 3. The Kier molecular flexibility index (Phi) is 4.43. The van der Waals surface area contributed by atoms with E-state index in [4.69, 9.17) is 5.26 Å². The Morgan fingerprint density at radius 3 is 3.07 bits per heavy atom. The number of aryl methyl sites for hydroxylation is 1. The van der Waals surface area contributed by atoms with Gasteiger partial charge < -0.3 is 16.0 Å². The van der Waals surface area contributed by atoms with Crippen LogP contribution in [0, 0.1) is 11.3 Å². The van der Waals surface area contributed by atoms with Gasteiger partial charge >= 0.3 is 0 Å². The van der Waals surface area contributed by atoms with Gasteiger partial charge in [-0.3, -0.25) is 9.48 Å². The zero-order valence-corrected chi connectivity index (χ0v) is 14.8. The summed E-state index contributed by atoms with van der Waals surface area (Å²) in [6.07, 6.45) is 5.41. The van der Waals surface area contributed by atoms with Gasteiger partial charge in [0.25, 0.3) is 5.91 Å². The molecule has 1 amide bonds. The molecule has 1 aliphatic heterocycles. The Balaban J connectivity index is 1.58. The smallest absolute Gasteiger partial charge is 0.274 e. The highest BCUT2D eigenvalue weighted by Crippen LogP contribution is 2.16. The number of nitrogens with zero attached hydrogens (tertiary/aromatic N) is 6. The van der Waals surface area contributed by atoms with Crippen LogP contribution in [0.15, 0.2) is 24.5 Å². The van der Waals surface area contributed by atoms with E-state index in [0.717, 1.165) is 25.9 Å². The number of aromatic nitrogens is 5. The summed E-state index contributed by atoms with van der Waals surface area (Å²) in [6, 6.07) is 5.67. The minimum absolute atomic E-state index is 0.161. The fraction of sp³-hybridized carbons (Fsp3) is 0.353. The van der Waals surface area contributed by atoms with E-state index in [1.54, 1.807) is 36.1 Å². The Morgan fingerprint density at radius 2 is 2.30 bits per heavy atom. The molecule has 3 N–H and O–H groups in total. The molecule has 0 spiro atoms. The quantitative estimate of drug-likeness (QED) is 0.623. The second kappa shape index (κ2) is 7.05. The monoisotopic (exact) mass is 365 g/mol. The summed E-state index contributed by atoms with van der Waals surface area (Å²) in [4.78, 5) is 17.0. The highest BCUT2D eigenvalue weighted by molar-refractivity contribution is 6.04. The van der Waals surface area contributed by atoms with E-state index in [2.05, 4.69) is 31.1 Å². The summed E-state index contributed by atoms with van der Waals surface area (Å²) >= 11 is 0. The number of hydrogen-bond acceptors (Lipinski definition) is 7. The lowest BCUT2D eigenvalue weighted by molar-refractivity contribution is 0.102. The normalized spacial score (nSPS) is 16.8. The average molecular weight is 365 g/mol. The van der Waals surface area contributed by atoms with Gasteiger partial charge in [0.15, 0.2) is 5.69 Å². The lowest BCUT2D eigenvalue weighted by Gasteiger charge is -2.23. The molecule has 3 aromatic rings. The lowest BCUT2D eigenvalue weighted by Crippen LogP contribution is -2.39. The molecule has 10 heteroatoms. The zero-order chi connectivity index (χ0) is 18.8. The minimum Gasteiger partial charge on any atom is -0.349 e. The summed E-state index contributed by atoms with van der Waals surface area (Å²) in [7, 11) is 1.69. The van der Waals surface area contributed by atoms with Crippen LogP contribution in [0.2, 0.25) is 0 Å². The molecule has 0 unspecified atom stereocenters. The number of hydrogen-bond donors (Lipinski definition) is 3. The molecule has 1 atom stereocenters. The van der Waals surface area contributed by atoms with Crippen molar-refractivity contribution in [2.45, 2.75) is 18.9 Å². The number of carbonyl (C=O) groups is 1. The molecule has 0 bridgehead atoms. The van der Waals surface area contributed by atoms with Crippen molar-refractivity contribution in [1.82, 2.24) is 29.7 Å². The van der Waals surface area contributed by atoms with Crippen LogP contribution in [-0.4, -0.2) is 49.4 Å². The van der Waals surface area contributed by atoms with Crippen LogP contribution in [-0.2, 0) is 7.05 Å². The van der Waals surface area contributed by atoms with Gasteiger partial charge in [-0.25, -0.2) is 9.50 Å². The number of anilines is 2. The summed E-state index contributed by atoms with van der Waals surface area (Å²) < 4.78 is 3.02. The van der Waals surface area contributed by atoms with Crippen LogP contribution < -0.4 is 16.0 Å². The van der Waals surface area contributed by atoms with Gasteiger partial charge in [0.1, 0.15) is 11.8 Å². The van der Waals surface area contributed by atoms with Gasteiger partial charge in [0, 0.05) is 25.8 Å². The second-order valence-corrected chi connectivity index (χ2v) is 6.46. The minimum atomic E-state index is -0.372. The molecule has 10 nitrogen and oxygen atoms in total. The van der Waals surface area contributed by atoms with Crippen LogP contribution in [0.3, 0.4) is 0 Å². The fourth-order valence-corrected chi connectivity index (χ4v) is 3.15. The number of amides is 1. The molecule has 1 saturated heterocycles. The van der Waals surface area contributed by atoms with Crippen LogP contribution in [0.1, 0.15) is 29.0 Å². The molecule has 0 radical (unpaired) electrons. The highest BCUT2D eigenvalue weighted by atomic mass is 16.2. The number of carbonyl (C=O) groups excluding carboxylic acids is 1. The summed E-state index contributed by atoms with van der Waals surface area (Å²) in [6.45, 7) is 1.89. The predicted molar refractivity (Wildman–Crippen MR) is 98.4 cm³/mol. The van der Waals surface area contributed by atoms with Gasteiger partial charge in [-0.05, 0) is 31.5 Å². The third-order valence-electron chi connectivity index (χ3n) is 4.44. The molecule has 0 aliphatic carbocycles. The molecule has 138 valence electrons. The van der Waals surface area contributed by atoms with Crippen molar-refractivity contribution in [3.63, 3.8) is 0 Å². The van der Waals surface area contributed by atoms with Crippen molar-refractivity contribution in [3.8, 4) is 6.07 Å². The maximum absolute atomic E-state index is 12.7. The van der Waals surface area contributed by atoms with Gasteiger partial charge in [-0.2, -0.15) is 10.4 Å². The van der Waals surface area contributed by atoms with Gasteiger partial charge in [-0.15, -0.1) is 5.10 Å². The largest absolute Gasteiger partial charge is 0.349 e. The van der Waals surface area contributed by atoms with Crippen LogP contribution in [0.25, 0.3) is 5.52 Å². The molecule has 1 fully saturated rings. The first kappa shape index (κ1) is 17.0. The molecule has 0 saturated carbocycles. The van der Waals surface area contributed by atoms with Gasteiger partial charge in [0.05, 0.1) is 17.4 Å². The number of piperidine rings is 1. The van der Waals surface area contributed by atoms with E-state index in [-0.39, 0.29) is 17.6 Å². The fourth-order valence-electron chi connectivity index (χ4n) is 3.15.